The van der Waals surface area contributed by atoms with Crippen molar-refractivity contribution in [3.05, 3.63) is 33.9 Å². The summed E-state index contributed by atoms with van der Waals surface area (Å²) >= 11 is 0. The van der Waals surface area contributed by atoms with Gasteiger partial charge in [0.25, 0.3) is 5.91 Å². The number of nitrogens with zero attached hydrogens (tertiary/aromatic N) is 2. The number of hydrogen-bond acceptors (Lipinski definition) is 5. The Kier molecular flexibility index (Phi) is 4.36. The number of rotatable bonds is 5. The minimum atomic E-state index is -1.22. The van der Waals surface area contributed by atoms with E-state index < -0.39 is 10.9 Å². The maximum atomic E-state index is 11.8. The maximum Gasteiger partial charge on any atom is 0.335 e. The fourth-order valence-electron chi connectivity index (χ4n) is 2.11. The third-order valence-corrected chi connectivity index (χ3v) is 3.21. The molecule has 0 atom stereocenters. The second kappa shape index (κ2) is 6.21. The molecule has 1 aliphatic heterocycles. The van der Waals surface area contributed by atoms with Gasteiger partial charge in [0, 0.05) is 25.2 Å². The Hall–Kier alpha value is -2.64. The van der Waals surface area contributed by atoms with Gasteiger partial charge in [-0.1, -0.05) is 0 Å². The van der Waals surface area contributed by atoms with E-state index >= 15 is 0 Å². The molecule has 0 spiro atoms. The number of nitro groups is 1. The first-order valence-electron chi connectivity index (χ1n) is 6.41. The minimum absolute atomic E-state index is 0.135. The zero-order valence-electron chi connectivity index (χ0n) is 11.2. The van der Waals surface area contributed by atoms with Crippen molar-refractivity contribution in [3.63, 3.8) is 0 Å². The monoisotopic (exact) mass is 294 g/mol. The predicted molar refractivity (Wildman–Crippen MR) is 71.4 cm³/mol. The van der Waals surface area contributed by atoms with Crippen molar-refractivity contribution in [2.45, 2.75) is 12.8 Å². The summed E-state index contributed by atoms with van der Waals surface area (Å²) in [6.45, 7) is 0.961. The number of carbonyl (C=O) groups is 2. The van der Waals surface area contributed by atoms with Crippen LogP contribution in [0.4, 0.5) is 5.69 Å². The van der Waals surface area contributed by atoms with Gasteiger partial charge in [-0.25, -0.2) is 4.79 Å². The van der Waals surface area contributed by atoms with Crippen molar-refractivity contribution in [1.29, 1.82) is 0 Å². The smallest absolute Gasteiger partial charge is 0.335 e. The molecule has 1 aromatic carbocycles. The molecule has 0 unspecified atom stereocenters. The van der Waals surface area contributed by atoms with Crippen LogP contribution in [0.25, 0.3) is 0 Å². The summed E-state index contributed by atoms with van der Waals surface area (Å²) in [4.78, 5) is 34.5. The Morgan fingerprint density at radius 3 is 2.57 bits per heavy atom. The quantitative estimate of drug-likeness (QED) is 0.647. The fraction of sp³-hybridized carbons (Fsp3) is 0.385. The zero-order chi connectivity index (χ0) is 15.4. The number of ether oxygens (including phenoxy) is 1. The van der Waals surface area contributed by atoms with E-state index in [9.17, 15) is 19.7 Å². The van der Waals surface area contributed by atoms with Gasteiger partial charge in [-0.15, -0.1) is 0 Å². The van der Waals surface area contributed by atoms with E-state index in [-0.39, 0.29) is 29.5 Å². The SMILES string of the molecule is O=C(O)c1ccc([N+](=O)[O-])c(OCC(=O)N2CCCC2)c1. The summed E-state index contributed by atoms with van der Waals surface area (Å²) in [5, 5.41) is 19.8. The normalized spacial score (nSPS) is 14.0. The first-order chi connectivity index (χ1) is 9.99. The molecule has 0 saturated carbocycles. The Bertz CT molecular complexity index is 580. The number of amides is 1. The highest BCUT2D eigenvalue weighted by Gasteiger charge is 2.22. The number of nitro benzene ring substituents is 1. The van der Waals surface area contributed by atoms with Crippen molar-refractivity contribution in [2.75, 3.05) is 19.7 Å². The van der Waals surface area contributed by atoms with Crippen LogP contribution in [0.5, 0.6) is 5.75 Å². The molecular formula is C13H14N2O6. The van der Waals surface area contributed by atoms with Crippen LogP contribution >= 0.6 is 0 Å². The standard InChI is InChI=1S/C13H14N2O6/c16-12(14-5-1-2-6-14)8-21-11-7-9(13(17)18)3-4-10(11)15(19)20/h3-4,7H,1-2,5-6,8H2,(H,17,18). The molecule has 21 heavy (non-hydrogen) atoms. The molecule has 1 saturated heterocycles. The molecule has 112 valence electrons. The summed E-state index contributed by atoms with van der Waals surface area (Å²) in [6.07, 6.45) is 1.86. The molecule has 1 heterocycles. The molecular weight excluding hydrogens is 280 g/mol. The summed E-state index contributed by atoms with van der Waals surface area (Å²) in [5.74, 6) is -1.70. The van der Waals surface area contributed by atoms with E-state index in [1.165, 1.54) is 0 Å². The summed E-state index contributed by atoms with van der Waals surface area (Å²) < 4.78 is 5.17. The molecule has 2 rings (SSSR count). The van der Waals surface area contributed by atoms with Gasteiger partial charge in [-0.2, -0.15) is 0 Å². The molecule has 1 aromatic rings. The molecule has 1 aliphatic rings. The van der Waals surface area contributed by atoms with Crippen molar-refractivity contribution in [1.82, 2.24) is 4.90 Å². The number of carboxylic acid groups (broad SMARTS) is 1. The zero-order valence-corrected chi connectivity index (χ0v) is 11.2. The van der Waals surface area contributed by atoms with Gasteiger partial charge < -0.3 is 14.7 Å². The predicted octanol–water partition coefficient (Wildman–Crippen LogP) is 1.29. The van der Waals surface area contributed by atoms with Gasteiger partial charge in [0.1, 0.15) is 0 Å². The molecule has 1 fully saturated rings. The van der Waals surface area contributed by atoms with Crippen molar-refractivity contribution in [2.24, 2.45) is 0 Å². The third-order valence-electron chi connectivity index (χ3n) is 3.21. The van der Waals surface area contributed by atoms with Gasteiger partial charge in [-0.05, 0) is 18.9 Å². The molecule has 0 bridgehead atoms. The van der Waals surface area contributed by atoms with Gasteiger partial charge in [0.05, 0.1) is 10.5 Å². The topological polar surface area (TPSA) is 110 Å². The van der Waals surface area contributed by atoms with Crippen molar-refractivity contribution in [3.8, 4) is 5.75 Å². The Morgan fingerprint density at radius 1 is 1.33 bits per heavy atom. The highest BCUT2D eigenvalue weighted by atomic mass is 16.6. The van der Waals surface area contributed by atoms with Crippen LogP contribution in [0.1, 0.15) is 23.2 Å². The highest BCUT2D eigenvalue weighted by molar-refractivity contribution is 5.88. The first kappa shape index (κ1) is 14.8. The number of aromatic carboxylic acids is 1. The van der Waals surface area contributed by atoms with Crippen LogP contribution in [-0.2, 0) is 4.79 Å². The molecule has 0 aromatic heterocycles. The summed E-state index contributed by atoms with van der Waals surface area (Å²) in [6, 6.07) is 3.23. The van der Waals surface area contributed by atoms with Crippen LogP contribution in [0, 0.1) is 10.1 Å². The van der Waals surface area contributed by atoms with E-state index in [2.05, 4.69) is 0 Å². The summed E-state index contributed by atoms with van der Waals surface area (Å²) in [7, 11) is 0. The molecule has 8 nitrogen and oxygen atoms in total. The van der Waals surface area contributed by atoms with Gasteiger partial charge in [0.15, 0.2) is 12.4 Å². The fourth-order valence-corrected chi connectivity index (χ4v) is 2.11. The van der Waals surface area contributed by atoms with E-state index in [1.54, 1.807) is 4.90 Å². The lowest BCUT2D eigenvalue weighted by Gasteiger charge is -2.15. The second-order valence-electron chi connectivity index (χ2n) is 4.62. The second-order valence-corrected chi connectivity index (χ2v) is 4.62. The molecule has 1 N–H and O–H groups in total. The Balaban J connectivity index is 2.12. The van der Waals surface area contributed by atoms with Crippen molar-refractivity contribution >= 4 is 17.6 Å². The average molecular weight is 294 g/mol. The van der Waals surface area contributed by atoms with E-state index in [0.717, 1.165) is 31.0 Å². The Labute approximate surface area is 120 Å². The molecule has 8 heteroatoms. The van der Waals surface area contributed by atoms with Crippen LogP contribution in [-0.4, -0.2) is 46.5 Å². The third kappa shape index (κ3) is 3.47. The minimum Gasteiger partial charge on any atom is -0.478 e. The van der Waals surface area contributed by atoms with Crippen LogP contribution in [0.3, 0.4) is 0 Å². The lowest BCUT2D eigenvalue weighted by Crippen LogP contribution is -2.32. The van der Waals surface area contributed by atoms with Gasteiger partial charge in [-0.3, -0.25) is 14.9 Å². The highest BCUT2D eigenvalue weighted by Crippen LogP contribution is 2.28. The van der Waals surface area contributed by atoms with Crippen LogP contribution in [0.15, 0.2) is 18.2 Å². The van der Waals surface area contributed by atoms with E-state index in [4.69, 9.17) is 9.84 Å². The first-order valence-corrected chi connectivity index (χ1v) is 6.41. The van der Waals surface area contributed by atoms with Crippen LogP contribution < -0.4 is 4.74 Å². The van der Waals surface area contributed by atoms with E-state index in [1.807, 2.05) is 0 Å². The largest absolute Gasteiger partial charge is 0.478 e. The number of likely N-dealkylation sites (tertiary alicyclic amines) is 1. The lowest BCUT2D eigenvalue weighted by molar-refractivity contribution is -0.385. The number of hydrogen-bond donors (Lipinski definition) is 1. The molecule has 0 aliphatic carbocycles. The maximum absolute atomic E-state index is 11.8. The Morgan fingerprint density at radius 2 is 2.00 bits per heavy atom. The van der Waals surface area contributed by atoms with E-state index in [0.29, 0.717) is 13.1 Å². The van der Waals surface area contributed by atoms with Gasteiger partial charge >= 0.3 is 11.7 Å². The lowest BCUT2D eigenvalue weighted by atomic mass is 10.2. The molecule has 0 radical (unpaired) electrons. The molecule has 1 amide bonds. The number of carboxylic acids is 1. The summed E-state index contributed by atoms with van der Waals surface area (Å²) in [5.41, 5.74) is -0.501. The number of carbonyl (C=O) groups excluding carboxylic acids is 1. The van der Waals surface area contributed by atoms with Crippen LogP contribution in [0.2, 0.25) is 0 Å². The van der Waals surface area contributed by atoms with Gasteiger partial charge in [0.2, 0.25) is 0 Å². The number of benzene rings is 1. The van der Waals surface area contributed by atoms with Crippen molar-refractivity contribution < 1.29 is 24.4 Å². The average Bonchev–Trinajstić information content (AvgIpc) is 2.98.